The number of nitrogens with one attached hydrogen (secondary N) is 9. The highest BCUT2D eigenvalue weighted by atomic mass is 16.4. The first kappa shape index (κ1) is 60.5. The molecule has 26 heteroatoms. The largest absolute Gasteiger partial charge is 0.481 e. The van der Waals surface area contributed by atoms with Crippen LogP contribution in [0.4, 0.5) is 0 Å². The minimum atomic E-state index is -1.69. The molecule has 0 aliphatic heterocycles. The molecule has 0 aliphatic rings. The van der Waals surface area contributed by atoms with Crippen molar-refractivity contribution in [3.8, 4) is 0 Å². The number of aliphatic hydroxyl groups is 1. The number of rotatable bonds is 32. The summed E-state index contributed by atoms with van der Waals surface area (Å²) in [5, 5.41) is 48.8. The van der Waals surface area contributed by atoms with E-state index in [-0.39, 0.29) is 51.2 Å². The number of nitrogens with two attached hydrogens (primary N) is 4. The van der Waals surface area contributed by atoms with Crippen molar-refractivity contribution >= 4 is 81.1 Å². The van der Waals surface area contributed by atoms with E-state index in [0.29, 0.717) is 41.3 Å². The number of aromatic nitrogens is 2. The molecule has 26 nitrogen and oxygen atoms in total. The second-order valence-corrected chi connectivity index (χ2v) is 18.5. The van der Waals surface area contributed by atoms with Gasteiger partial charge in [0.25, 0.3) is 0 Å². The van der Waals surface area contributed by atoms with E-state index in [2.05, 4.69) is 52.2 Å². The van der Waals surface area contributed by atoms with Crippen molar-refractivity contribution in [2.45, 2.75) is 127 Å². The van der Waals surface area contributed by atoms with Gasteiger partial charge in [-0.25, -0.2) is 4.79 Å². The number of hydrogen-bond acceptors (Lipinski definition) is 13. The van der Waals surface area contributed by atoms with Crippen LogP contribution in [0, 0.1) is 5.92 Å². The third-order valence-electron chi connectivity index (χ3n) is 12.7. The van der Waals surface area contributed by atoms with E-state index in [0.717, 1.165) is 10.9 Å². The van der Waals surface area contributed by atoms with Crippen molar-refractivity contribution in [2.24, 2.45) is 33.8 Å². The summed E-state index contributed by atoms with van der Waals surface area (Å²) < 4.78 is 0. The number of benzene rings is 2. The number of H-pyrrole nitrogens is 2. The maximum Gasteiger partial charge on any atom is 0.326 e. The summed E-state index contributed by atoms with van der Waals surface area (Å²) in [6.45, 7) is 4.16. The molecule has 2 heterocycles. The summed E-state index contributed by atoms with van der Waals surface area (Å²) in [4.78, 5) is 130. The van der Waals surface area contributed by atoms with Gasteiger partial charge in [-0.1, -0.05) is 56.7 Å². The summed E-state index contributed by atoms with van der Waals surface area (Å²) in [5.41, 5.74) is 24.8. The number of carbonyl (C=O) groups excluding carboxylic acids is 7. The van der Waals surface area contributed by atoms with Crippen molar-refractivity contribution in [3.05, 3.63) is 72.1 Å². The summed E-state index contributed by atoms with van der Waals surface area (Å²) >= 11 is 0. The van der Waals surface area contributed by atoms with Crippen LogP contribution in [-0.4, -0.2) is 153 Å². The van der Waals surface area contributed by atoms with Crippen LogP contribution in [0.25, 0.3) is 21.8 Å². The van der Waals surface area contributed by atoms with Crippen molar-refractivity contribution in [2.75, 3.05) is 19.7 Å². The van der Waals surface area contributed by atoms with Crippen LogP contribution >= 0.6 is 0 Å². The van der Waals surface area contributed by atoms with E-state index >= 15 is 0 Å². The highest BCUT2D eigenvalue weighted by Crippen LogP contribution is 2.21. The Labute approximate surface area is 438 Å². The number of fused-ring (bicyclic) bond motifs is 2. The number of aliphatic carboxylic acids is 2. The zero-order chi connectivity index (χ0) is 56.1. The fourth-order valence-corrected chi connectivity index (χ4v) is 8.17. The summed E-state index contributed by atoms with van der Waals surface area (Å²) in [7, 11) is 0. The molecule has 4 aromatic rings. The van der Waals surface area contributed by atoms with Crippen LogP contribution in [0.1, 0.15) is 76.8 Å². The van der Waals surface area contributed by atoms with Gasteiger partial charge in [0.1, 0.15) is 42.3 Å². The number of carboxylic acids is 2. The van der Waals surface area contributed by atoms with Gasteiger partial charge in [-0.3, -0.25) is 43.3 Å². The molecule has 2 aromatic carbocycles. The van der Waals surface area contributed by atoms with Crippen LogP contribution in [-0.2, 0) is 56.0 Å². The number of nitrogens with zero attached hydrogens (tertiary/aromatic N) is 1. The minimum Gasteiger partial charge on any atom is -0.481 e. The van der Waals surface area contributed by atoms with Crippen LogP contribution in [0.2, 0.25) is 0 Å². The Balaban J connectivity index is 1.55. The Morgan fingerprint density at radius 1 is 0.605 bits per heavy atom. The number of para-hydroxylation sites is 2. The van der Waals surface area contributed by atoms with E-state index < -0.39 is 121 Å². The second-order valence-electron chi connectivity index (χ2n) is 18.5. The van der Waals surface area contributed by atoms with E-state index in [1.807, 2.05) is 6.07 Å². The number of aliphatic imine (C=N–C) groups is 1. The smallest absolute Gasteiger partial charge is 0.326 e. The predicted octanol–water partition coefficient (Wildman–Crippen LogP) is -2.04. The van der Waals surface area contributed by atoms with Gasteiger partial charge in [0.05, 0.1) is 19.1 Å². The number of unbranched alkanes of at least 4 members (excludes halogenated alkanes) is 1. The van der Waals surface area contributed by atoms with Crippen molar-refractivity contribution in [3.63, 3.8) is 0 Å². The van der Waals surface area contributed by atoms with E-state index in [1.165, 1.54) is 6.92 Å². The summed E-state index contributed by atoms with van der Waals surface area (Å²) in [5.74, 6) is -9.65. The Bertz CT molecular complexity index is 2690. The number of carboxylic acid groups (broad SMARTS) is 2. The maximum atomic E-state index is 14.4. The highest BCUT2D eigenvalue weighted by molar-refractivity contribution is 5.98. The topological polar surface area (TPSA) is 447 Å². The van der Waals surface area contributed by atoms with Gasteiger partial charge in [-0.2, -0.15) is 0 Å². The fraction of sp³-hybridized carbons (Fsp3) is 0.480. The molecule has 7 amide bonds. The van der Waals surface area contributed by atoms with Gasteiger partial charge in [-0.05, 0) is 74.8 Å². The third-order valence-corrected chi connectivity index (χ3v) is 12.7. The minimum absolute atomic E-state index is 0.0108. The average molecular weight is 1060 g/mol. The maximum absolute atomic E-state index is 14.4. The Morgan fingerprint density at radius 3 is 1.62 bits per heavy atom. The lowest BCUT2D eigenvalue weighted by Gasteiger charge is -2.29. The fourth-order valence-electron chi connectivity index (χ4n) is 8.17. The van der Waals surface area contributed by atoms with Gasteiger partial charge in [0.2, 0.25) is 41.4 Å². The second kappa shape index (κ2) is 29.7. The zero-order valence-electron chi connectivity index (χ0n) is 42.7. The van der Waals surface area contributed by atoms with Crippen molar-refractivity contribution < 1.29 is 58.5 Å². The number of amides is 7. The quantitative estimate of drug-likeness (QED) is 0.0142. The van der Waals surface area contributed by atoms with Gasteiger partial charge in [-0.15, -0.1) is 0 Å². The normalized spacial score (nSPS) is 14.8. The zero-order valence-corrected chi connectivity index (χ0v) is 42.7. The number of aromatic amines is 2. The van der Waals surface area contributed by atoms with Crippen molar-refractivity contribution in [1.29, 1.82) is 0 Å². The van der Waals surface area contributed by atoms with Gasteiger partial charge >= 0.3 is 11.9 Å². The molecule has 20 N–H and O–H groups in total. The number of guanidine groups is 1. The van der Waals surface area contributed by atoms with Gasteiger partial charge < -0.3 is 85.4 Å². The highest BCUT2D eigenvalue weighted by Gasteiger charge is 2.35. The number of hydrogen-bond donors (Lipinski definition) is 16. The van der Waals surface area contributed by atoms with Crippen LogP contribution in [0.15, 0.2) is 65.9 Å². The molecule has 9 atom stereocenters. The molecule has 0 unspecified atom stereocenters. The SMILES string of the molecule is CC[C@H](C)[C@H](NC(=O)[C@H](C)NC(=O)[C@H](Cc1c[nH]c2ccccc12)NC(=O)[C@@H](N)CC(=O)O)C(=O)N[C@@H](Cc1c[nH]c2ccccc12)C(=O)N[C@@H](CO)C(=O)N[C@@H](CCCCN)C(=O)N[C@@H](CCCN=C(N)N)C(=O)O. The third kappa shape index (κ3) is 18.1. The molecular formula is C50H72N14O12. The standard InChI is InChI=1S/C50H72N14O12/c1-4-26(2)41(64-42(68)27(3)58-45(71)37(61-43(69)32(52)22-40(66)67)20-28-23-56-33-14-7-5-12-30(28)33)48(74)62-38(21-29-24-57-34-15-8-6-13-31(29)34)46(72)63-39(25-65)47(73)59-35(16-9-10-18-51)44(70)60-36(49(75)76)17-11-19-55-50(53)54/h5-8,12-15,23-24,26-27,32,35-39,41,56-57,65H,4,9-11,16-22,25,51-52H2,1-3H3,(H,58,71)(H,59,73)(H,60,70)(H,61,69)(H,62,74)(H,63,72)(H,64,68)(H,66,67)(H,75,76)(H4,53,54,55)/t26-,27-,32-,35-,36-,37-,38-,39-,41-/m0/s1. The molecule has 0 radical (unpaired) electrons. The summed E-state index contributed by atoms with van der Waals surface area (Å²) in [6.07, 6.45) is 3.58. The molecular weight excluding hydrogens is 989 g/mol. The first-order chi connectivity index (χ1) is 36.2. The van der Waals surface area contributed by atoms with Gasteiger partial charge in [0.15, 0.2) is 5.96 Å². The molecule has 0 saturated carbocycles. The first-order valence-corrected chi connectivity index (χ1v) is 25.0. The lowest BCUT2D eigenvalue weighted by atomic mass is 9.96. The first-order valence-electron chi connectivity index (χ1n) is 25.0. The van der Waals surface area contributed by atoms with Crippen LogP contribution in [0.5, 0.6) is 0 Å². The Kier molecular flexibility index (Phi) is 23.6. The van der Waals surface area contributed by atoms with Crippen LogP contribution < -0.4 is 60.2 Å². The van der Waals surface area contributed by atoms with E-state index in [1.54, 1.807) is 68.7 Å². The summed E-state index contributed by atoms with van der Waals surface area (Å²) in [6, 6.07) is 2.99. The molecule has 414 valence electrons. The average Bonchev–Trinajstić information content (AvgIpc) is 4.00. The number of carbonyl (C=O) groups is 9. The monoisotopic (exact) mass is 1060 g/mol. The Morgan fingerprint density at radius 2 is 1.09 bits per heavy atom. The molecule has 0 saturated heterocycles. The molecule has 76 heavy (non-hydrogen) atoms. The molecule has 0 spiro atoms. The van der Waals surface area contributed by atoms with Crippen molar-refractivity contribution in [1.82, 2.24) is 47.2 Å². The number of aliphatic hydroxyl groups excluding tert-OH is 1. The molecule has 0 bridgehead atoms. The molecule has 4 rings (SSSR count). The Hall–Kier alpha value is -8.10. The lowest BCUT2D eigenvalue weighted by Crippen LogP contribution is -2.61. The molecule has 0 aliphatic carbocycles. The van der Waals surface area contributed by atoms with Crippen LogP contribution in [0.3, 0.4) is 0 Å². The molecule has 0 fully saturated rings. The molecule has 2 aromatic heterocycles. The van der Waals surface area contributed by atoms with Gasteiger partial charge in [0, 0.05) is 53.6 Å². The van der Waals surface area contributed by atoms with E-state index in [4.69, 9.17) is 22.9 Å². The predicted molar refractivity (Wildman–Crippen MR) is 280 cm³/mol. The lowest BCUT2D eigenvalue weighted by molar-refractivity contribution is -0.142. The van der Waals surface area contributed by atoms with E-state index in [9.17, 15) is 58.5 Å².